The quantitative estimate of drug-likeness (QED) is 0.764. The second kappa shape index (κ2) is 7.42. The lowest BCUT2D eigenvalue weighted by Gasteiger charge is -2.22. The van der Waals surface area contributed by atoms with Crippen LogP contribution in [-0.2, 0) is 11.2 Å². The van der Waals surface area contributed by atoms with Crippen LogP contribution in [0.1, 0.15) is 25.3 Å². The van der Waals surface area contributed by atoms with E-state index in [9.17, 15) is 0 Å². The molecule has 16 heavy (non-hydrogen) atoms. The molecule has 1 rings (SSSR count). The second-order valence-electron chi connectivity index (χ2n) is 4.21. The standard InChI is InChI=1S/C14H23NO/c1-12(16-3)14(15-2)11-7-10-13-8-5-4-6-9-13/h4-6,8-9,12,14-15H,7,10-11H2,1-3H3. The van der Waals surface area contributed by atoms with Gasteiger partial charge in [0, 0.05) is 13.2 Å². The average Bonchev–Trinajstić information content (AvgIpc) is 2.35. The van der Waals surface area contributed by atoms with Gasteiger partial charge >= 0.3 is 0 Å². The van der Waals surface area contributed by atoms with Crippen molar-refractivity contribution in [2.75, 3.05) is 14.2 Å². The summed E-state index contributed by atoms with van der Waals surface area (Å²) in [6.07, 6.45) is 3.78. The molecule has 0 aliphatic heterocycles. The maximum absolute atomic E-state index is 5.34. The van der Waals surface area contributed by atoms with Crippen molar-refractivity contribution in [2.24, 2.45) is 0 Å². The summed E-state index contributed by atoms with van der Waals surface area (Å²) in [5.41, 5.74) is 1.42. The fourth-order valence-electron chi connectivity index (χ4n) is 1.95. The minimum Gasteiger partial charge on any atom is -0.380 e. The van der Waals surface area contributed by atoms with Crippen LogP contribution in [0.25, 0.3) is 0 Å². The summed E-state index contributed by atoms with van der Waals surface area (Å²) in [6.45, 7) is 2.11. The molecule has 0 radical (unpaired) electrons. The van der Waals surface area contributed by atoms with E-state index < -0.39 is 0 Å². The molecule has 2 unspecified atom stereocenters. The number of hydrogen-bond acceptors (Lipinski definition) is 2. The predicted octanol–water partition coefficient (Wildman–Crippen LogP) is 2.63. The van der Waals surface area contributed by atoms with Gasteiger partial charge in [0.25, 0.3) is 0 Å². The van der Waals surface area contributed by atoms with Crippen LogP contribution in [0.4, 0.5) is 0 Å². The van der Waals surface area contributed by atoms with Crippen molar-refractivity contribution in [1.82, 2.24) is 5.32 Å². The summed E-state index contributed by atoms with van der Waals surface area (Å²) in [5, 5.41) is 3.31. The van der Waals surface area contributed by atoms with Crippen molar-refractivity contribution >= 4 is 0 Å². The number of likely N-dealkylation sites (N-methyl/N-ethyl adjacent to an activating group) is 1. The van der Waals surface area contributed by atoms with Crippen LogP contribution < -0.4 is 5.32 Å². The van der Waals surface area contributed by atoms with Crippen LogP contribution in [0.15, 0.2) is 30.3 Å². The number of methoxy groups -OCH3 is 1. The second-order valence-corrected chi connectivity index (χ2v) is 4.21. The highest BCUT2D eigenvalue weighted by atomic mass is 16.5. The third-order valence-corrected chi connectivity index (χ3v) is 3.13. The first-order chi connectivity index (χ1) is 7.77. The Morgan fingerprint density at radius 3 is 2.50 bits per heavy atom. The van der Waals surface area contributed by atoms with E-state index in [-0.39, 0.29) is 6.10 Å². The molecule has 2 atom stereocenters. The van der Waals surface area contributed by atoms with E-state index in [4.69, 9.17) is 4.74 Å². The largest absolute Gasteiger partial charge is 0.380 e. The lowest BCUT2D eigenvalue weighted by Crippen LogP contribution is -2.36. The first-order valence-electron chi connectivity index (χ1n) is 6.02. The molecule has 0 spiro atoms. The van der Waals surface area contributed by atoms with Crippen molar-refractivity contribution < 1.29 is 4.74 Å². The molecule has 2 heteroatoms. The first-order valence-corrected chi connectivity index (χ1v) is 6.02. The van der Waals surface area contributed by atoms with Crippen LogP contribution in [0.3, 0.4) is 0 Å². The fraction of sp³-hybridized carbons (Fsp3) is 0.571. The zero-order chi connectivity index (χ0) is 11.8. The van der Waals surface area contributed by atoms with Crippen LogP contribution in [0, 0.1) is 0 Å². The van der Waals surface area contributed by atoms with Crippen molar-refractivity contribution in [3.05, 3.63) is 35.9 Å². The van der Waals surface area contributed by atoms with E-state index in [1.807, 2.05) is 7.05 Å². The lowest BCUT2D eigenvalue weighted by atomic mass is 10.0. The van der Waals surface area contributed by atoms with Gasteiger partial charge in [-0.1, -0.05) is 30.3 Å². The first kappa shape index (κ1) is 13.2. The Labute approximate surface area is 99.0 Å². The summed E-state index contributed by atoms with van der Waals surface area (Å²) in [6, 6.07) is 11.1. The molecular formula is C14H23NO. The summed E-state index contributed by atoms with van der Waals surface area (Å²) < 4.78 is 5.34. The molecule has 90 valence electrons. The number of nitrogens with one attached hydrogen (secondary N) is 1. The molecule has 0 aliphatic carbocycles. The maximum atomic E-state index is 5.34. The van der Waals surface area contributed by atoms with Crippen LogP contribution >= 0.6 is 0 Å². The molecule has 0 aromatic heterocycles. The Morgan fingerprint density at radius 2 is 1.94 bits per heavy atom. The molecule has 0 heterocycles. The van der Waals surface area contributed by atoms with E-state index in [0.29, 0.717) is 6.04 Å². The van der Waals surface area contributed by atoms with Gasteiger partial charge < -0.3 is 10.1 Å². The molecule has 2 nitrogen and oxygen atoms in total. The zero-order valence-corrected chi connectivity index (χ0v) is 10.6. The number of hydrogen-bond donors (Lipinski definition) is 1. The van der Waals surface area contributed by atoms with E-state index in [1.165, 1.54) is 12.0 Å². The third kappa shape index (κ3) is 4.33. The molecular weight excluding hydrogens is 198 g/mol. The Balaban J connectivity index is 2.28. The predicted molar refractivity (Wildman–Crippen MR) is 68.7 cm³/mol. The van der Waals surface area contributed by atoms with Crippen LogP contribution in [0.2, 0.25) is 0 Å². The highest BCUT2D eigenvalue weighted by Gasteiger charge is 2.13. The highest BCUT2D eigenvalue weighted by Crippen LogP contribution is 2.09. The van der Waals surface area contributed by atoms with Gasteiger partial charge in [-0.3, -0.25) is 0 Å². The van der Waals surface area contributed by atoms with E-state index in [0.717, 1.165) is 12.8 Å². The van der Waals surface area contributed by atoms with E-state index in [1.54, 1.807) is 7.11 Å². The minimum atomic E-state index is 0.278. The Morgan fingerprint density at radius 1 is 1.25 bits per heavy atom. The molecule has 1 aromatic carbocycles. The van der Waals surface area contributed by atoms with Gasteiger partial charge in [0.05, 0.1) is 6.10 Å². The van der Waals surface area contributed by atoms with Crippen LogP contribution in [-0.4, -0.2) is 26.3 Å². The molecule has 0 saturated carbocycles. The number of rotatable bonds is 7. The molecule has 1 N–H and O–H groups in total. The highest BCUT2D eigenvalue weighted by molar-refractivity contribution is 5.14. The van der Waals surface area contributed by atoms with Gasteiger partial charge in [-0.05, 0) is 38.8 Å². The Bertz CT molecular complexity index is 273. The number of benzene rings is 1. The smallest absolute Gasteiger partial charge is 0.0696 e. The van der Waals surface area contributed by atoms with Gasteiger partial charge in [0.2, 0.25) is 0 Å². The number of ether oxygens (including phenoxy) is 1. The molecule has 0 fully saturated rings. The Kier molecular flexibility index (Phi) is 6.12. The maximum Gasteiger partial charge on any atom is 0.0696 e. The van der Waals surface area contributed by atoms with Crippen molar-refractivity contribution in [1.29, 1.82) is 0 Å². The van der Waals surface area contributed by atoms with Crippen LogP contribution in [0.5, 0.6) is 0 Å². The zero-order valence-electron chi connectivity index (χ0n) is 10.6. The lowest BCUT2D eigenvalue weighted by molar-refractivity contribution is 0.0821. The summed E-state index contributed by atoms with van der Waals surface area (Å²) in [7, 11) is 3.77. The third-order valence-electron chi connectivity index (χ3n) is 3.13. The molecule has 0 amide bonds. The molecule has 0 aliphatic rings. The van der Waals surface area contributed by atoms with E-state index >= 15 is 0 Å². The molecule has 0 bridgehead atoms. The monoisotopic (exact) mass is 221 g/mol. The van der Waals surface area contributed by atoms with Gasteiger partial charge in [-0.15, -0.1) is 0 Å². The summed E-state index contributed by atoms with van der Waals surface area (Å²) in [5.74, 6) is 0. The fourth-order valence-corrected chi connectivity index (χ4v) is 1.95. The summed E-state index contributed by atoms with van der Waals surface area (Å²) >= 11 is 0. The van der Waals surface area contributed by atoms with Gasteiger partial charge in [-0.2, -0.15) is 0 Å². The van der Waals surface area contributed by atoms with Crippen molar-refractivity contribution in [3.63, 3.8) is 0 Å². The Hall–Kier alpha value is -0.860. The van der Waals surface area contributed by atoms with E-state index in [2.05, 4.69) is 42.6 Å². The minimum absolute atomic E-state index is 0.278. The van der Waals surface area contributed by atoms with Gasteiger partial charge in [0.15, 0.2) is 0 Å². The molecule has 0 saturated heterocycles. The van der Waals surface area contributed by atoms with Crippen molar-refractivity contribution in [2.45, 2.75) is 38.3 Å². The summed E-state index contributed by atoms with van der Waals surface area (Å²) in [4.78, 5) is 0. The SMILES string of the molecule is CNC(CCCc1ccccc1)C(C)OC. The van der Waals surface area contributed by atoms with Gasteiger partial charge in [-0.25, -0.2) is 0 Å². The van der Waals surface area contributed by atoms with Crippen molar-refractivity contribution in [3.8, 4) is 0 Å². The normalized spacial score (nSPS) is 14.7. The van der Waals surface area contributed by atoms with Gasteiger partial charge in [0.1, 0.15) is 0 Å². The average molecular weight is 221 g/mol. The molecule has 1 aromatic rings. The number of aryl methyl sites for hydroxylation is 1. The topological polar surface area (TPSA) is 21.3 Å².